The average Bonchev–Trinajstić information content (AvgIpc) is 2.68. The molecule has 144 valence electrons. The second-order valence-electron chi connectivity index (χ2n) is 6.24. The van der Waals surface area contributed by atoms with Gasteiger partial charge in [0.05, 0.1) is 6.04 Å². The van der Waals surface area contributed by atoms with Crippen molar-refractivity contribution in [1.82, 2.24) is 10.3 Å². The lowest BCUT2D eigenvalue weighted by Gasteiger charge is -2.19. The van der Waals surface area contributed by atoms with Crippen LogP contribution in [-0.2, 0) is 12.6 Å². The zero-order chi connectivity index (χ0) is 20.1. The van der Waals surface area contributed by atoms with Crippen molar-refractivity contribution in [2.45, 2.75) is 18.6 Å². The zero-order valence-electron chi connectivity index (χ0n) is 14.7. The number of hydrogen-bond donors (Lipinski definition) is 2. The molecule has 1 atom stereocenters. The first-order chi connectivity index (χ1) is 13.3. The molecule has 0 radical (unpaired) electrons. The van der Waals surface area contributed by atoms with Crippen LogP contribution < -0.4 is 10.9 Å². The number of carbonyl (C=O) groups is 1. The van der Waals surface area contributed by atoms with Crippen molar-refractivity contribution in [3.63, 3.8) is 0 Å². The Labute approximate surface area is 159 Å². The Morgan fingerprint density at radius 3 is 2.11 bits per heavy atom. The monoisotopic (exact) mass is 386 g/mol. The number of H-pyrrole nitrogens is 1. The van der Waals surface area contributed by atoms with Gasteiger partial charge in [-0.25, -0.2) is 0 Å². The molecule has 2 aromatic carbocycles. The molecular weight excluding hydrogens is 369 g/mol. The quantitative estimate of drug-likeness (QED) is 0.693. The summed E-state index contributed by atoms with van der Waals surface area (Å²) >= 11 is 0. The van der Waals surface area contributed by atoms with E-state index in [1.807, 2.05) is 60.7 Å². The number of halogens is 3. The summed E-state index contributed by atoms with van der Waals surface area (Å²) in [5.74, 6) is -0.736. The van der Waals surface area contributed by atoms with Crippen molar-refractivity contribution < 1.29 is 18.0 Å². The summed E-state index contributed by atoms with van der Waals surface area (Å²) in [6, 6.07) is 19.7. The van der Waals surface area contributed by atoms with Gasteiger partial charge >= 0.3 is 6.18 Å². The van der Waals surface area contributed by atoms with Gasteiger partial charge in [0.1, 0.15) is 11.3 Å². The van der Waals surface area contributed by atoms with E-state index in [1.54, 1.807) is 4.98 Å². The largest absolute Gasteiger partial charge is 0.431 e. The Morgan fingerprint density at radius 2 is 1.54 bits per heavy atom. The summed E-state index contributed by atoms with van der Waals surface area (Å²) in [6.45, 7) is 0. The van der Waals surface area contributed by atoms with E-state index in [-0.39, 0.29) is 5.56 Å². The SMILES string of the molecule is O=C(NC(Cc1ccccc1)c1ccccc1)c1ccc(C(F)(F)F)[nH]c1=O. The van der Waals surface area contributed by atoms with Gasteiger partial charge in [-0.2, -0.15) is 13.2 Å². The lowest BCUT2D eigenvalue weighted by molar-refractivity contribution is -0.141. The Bertz CT molecular complexity index is 999. The van der Waals surface area contributed by atoms with Crippen molar-refractivity contribution in [3.8, 4) is 0 Å². The van der Waals surface area contributed by atoms with Gasteiger partial charge in [0.15, 0.2) is 0 Å². The average molecular weight is 386 g/mol. The minimum atomic E-state index is -4.69. The van der Waals surface area contributed by atoms with Crippen LogP contribution in [0, 0.1) is 0 Å². The third kappa shape index (κ3) is 4.68. The molecule has 28 heavy (non-hydrogen) atoms. The van der Waals surface area contributed by atoms with Crippen LogP contribution in [0.5, 0.6) is 0 Å². The Kier molecular flexibility index (Phi) is 5.63. The van der Waals surface area contributed by atoms with Crippen LogP contribution in [0.4, 0.5) is 13.2 Å². The minimum absolute atomic E-state index is 0.373. The first-order valence-corrected chi connectivity index (χ1v) is 8.55. The number of aromatic nitrogens is 1. The molecule has 0 aliphatic rings. The number of benzene rings is 2. The normalized spacial score (nSPS) is 12.4. The number of nitrogens with one attached hydrogen (secondary N) is 2. The van der Waals surface area contributed by atoms with Gasteiger partial charge in [-0.1, -0.05) is 60.7 Å². The first-order valence-electron chi connectivity index (χ1n) is 8.55. The van der Waals surface area contributed by atoms with Crippen molar-refractivity contribution in [2.75, 3.05) is 0 Å². The van der Waals surface area contributed by atoms with Crippen LogP contribution in [0.25, 0.3) is 0 Å². The number of pyridine rings is 1. The molecule has 1 heterocycles. The van der Waals surface area contributed by atoms with E-state index in [0.29, 0.717) is 12.5 Å². The Morgan fingerprint density at radius 1 is 0.929 bits per heavy atom. The lowest BCUT2D eigenvalue weighted by Crippen LogP contribution is -2.34. The third-order valence-corrected chi connectivity index (χ3v) is 4.25. The number of amides is 1. The molecule has 3 aromatic rings. The first kappa shape index (κ1) is 19.4. The molecular formula is C21H17F3N2O2. The smallest absolute Gasteiger partial charge is 0.345 e. The standard InChI is InChI=1S/C21H17F3N2O2/c22-21(23,24)18-12-11-16(20(28)26-18)19(27)25-17(15-9-5-2-6-10-15)13-14-7-3-1-4-8-14/h1-12,17H,13H2,(H,25,27)(H,26,28). The summed E-state index contributed by atoms with van der Waals surface area (Å²) in [6.07, 6.45) is -4.22. The molecule has 0 aliphatic carbocycles. The molecule has 0 saturated carbocycles. The topological polar surface area (TPSA) is 62.0 Å². The summed E-state index contributed by atoms with van der Waals surface area (Å²) in [5.41, 5.74) is -0.861. The summed E-state index contributed by atoms with van der Waals surface area (Å²) in [5, 5.41) is 2.76. The van der Waals surface area contributed by atoms with E-state index >= 15 is 0 Å². The molecule has 0 saturated heterocycles. The van der Waals surface area contributed by atoms with Crippen LogP contribution in [0.2, 0.25) is 0 Å². The summed E-state index contributed by atoms with van der Waals surface area (Å²) < 4.78 is 38.1. The number of aromatic amines is 1. The molecule has 1 unspecified atom stereocenters. The van der Waals surface area contributed by atoms with Crippen LogP contribution in [0.15, 0.2) is 77.6 Å². The lowest BCUT2D eigenvalue weighted by atomic mass is 9.98. The maximum atomic E-state index is 12.7. The molecule has 0 bridgehead atoms. The molecule has 4 nitrogen and oxygen atoms in total. The van der Waals surface area contributed by atoms with Crippen LogP contribution in [-0.4, -0.2) is 10.9 Å². The van der Waals surface area contributed by atoms with Crippen LogP contribution in [0.3, 0.4) is 0 Å². The van der Waals surface area contributed by atoms with Gasteiger partial charge in [-0.05, 0) is 29.7 Å². The molecule has 0 spiro atoms. The molecule has 0 aliphatic heterocycles. The predicted molar refractivity (Wildman–Crippen MR) is 98.9 cm³/mol. The zero-order valence-corrected chi connectivity index (χ0v) is 14.7. The highest BCUT2D eigenvalue weighted by molar-refractivity contribution is 5.94. The van der Waals surface area contributed by atoms with E-state index in [4.69, 9.17) is 0 Å². The van der Waals surface area contributed by atoms with E-state index in [0.717, 1.165) is 17.2 Å². The second kappa shape index (κ2) is 8.12. The molecule has 2 N–H and O–H groups in total. The number of carbonyl (C=O) groups excluding carboxylic acids is 1. The van der Waals surface area contributed by atoms with Gasteiger partial charge in [-0.3, -0.25) is 9.59 Å². The van der Waals surface area contributed by atoms with E-state index in [2.05, 4.69) is 5.32 Å². The van der Waals surface area contributed by atoms with E-state index in [1.165, 1.54) is 0 Å². The van der Waals surface area contributed by atoms with Crippen molar-refractivity contribution >= 4 is 5.91 Å². The van der Waals surface area contributed by atoms with Crippen LogP contribution >= 0.6 is 0 Å². The van der Waals surface area contributed by atoms with Crippen molar-refractivity contribution in [1.29, 1.82) is 0 Å². The Hall–Kier alpha value is -3.35. The van der Waals surface area contributed by atoms with Gasteiger partial charge in [0, 0.05) is 0 Å². The second-order valence-corrected chi connectivity index (χ2v) is 6.24. The maximum absolute atomic E-state index is 12.7. The van der Waals surface area contributed by atoms with Crippen molar-refractivity contribution in [2.24, 2.45) is 0 Å². The number of alkyl halides is 3. The van der Waals surface area contributed by atoms with Crippen molar-refractivity contribution in [3.05, 3.63) is 106 Å². The van der Waals surface area contributed by atoms with Crippen LogP contribution in [0.1, 0.15) is 33.2 Å². The highest BCUT2D eigenvalue weighted by Gasteiger charge is 2.32. The highest BCUT2D eigenvalue weighted by Crippen LogP contribution is 2.26. The third-order valence-electron chi connectivity index (χ3n) is 4.25. The Balaban J connectivity index is 1.86. The fourth-order valence-electron chi connectivity index (χ4n) is 2.84. The molecule has 0 fully saturated rings. The van der Waals surface area contributed by atoms with Gasteiger partial charge in [0.2, 0.25) is 0 Å². The number of hydrogen-bond acceptors (Lipinski definition) is 2. The predicted octanol–water partition coefficient (Wildman–Crippen LogP) is 4.11. The van der Waals surface area contributed by atoms with E-state index < -0.39 is 29.4 Å². The minimum Gasteiger partial charge on any atom is -0.345 e. The molecule has 7 heteroatoms. The fraction of sp³-hybridized carbons (Fsp3) is 0.143. The molecule has 1 aromatic heterocycles. The van der Waals surface area contributed by atoms with Gasteiger partial charge < -0.3 is 10.3 Å². The summed E-state index contributed by atoms with van der Waals surface area (Å²) in [7, 11) is 0. The summed E-state index contributed by atoms with van der Waals surface area (Å²) in [4.78, 5) is 26.3. The van der Waals surface area contributed by atoms with Gasteiger partial charge in [-0.15, -0.1) is 0 Å². The maximum Gasteiger partial charge on any atom is 0.431 e. The highest BCUT2D eigenvalue weighted by atomic mass is 19.4. The van der Waals surface area contributed by atoms with Gasteiger partial charge in [0.25, 0.3) is 11.5 Å². The molecule has 3 rings (SSSR count). The fourth-order valence-corrected chi connectivity index (χ4v) is 2.84. The van der Waals surface area contributed by atoms with E-state index in [9.17, 15) is 22.8 Å². The number of rotatable bonds is 5. The molecule has 1 amide bonds.